The second-order valence-electron chi connectivity index (χ2n) is 3.94. The highest BCUT2D eigenvalue weighted by Gasteiger charge is 2.29. The summed E-state index contributed by atoms with van der Waals surface area (Å²) in [5, 5.41) is 0. The van der Waals surface area contributed by atoms with Crippen LogP contribution in [0.2, 0.25) is 0 Å². The molecule has 0 heterocycles. The first-order chi connectivity index (χ1) is 8.27. The topological polar surface area (TPSA) is 12.0 Å². The van der Waals surface area contributed by atoms with E-state index in [9.17, 15) is 4.48 Å². The van der Waals surface area contributed by atoms with Crippen molar-refractivity contribution in [2.24, 2.45) is 0 Å². The van der Waals surface area contributed by atoms with Crippen molar-refractivity contribution in [2.75, 3.05) is 0 Å². The lowest BCUT2D eigenvalue weighted by molar-refractivity contribution is 0.461. The van der Waals surface area contributed by atoms with Crippen LogP contribution in [-0.2, 0) is 4.75 Å². The molecule has 88 valence electrons. The van der Waals surface area contributed by atoms with Crippen molar-refractivity contribution < 1.29 is 4.48 Å². The number of rotatable bonds is 4. The predicted molar refractivity (Wildman–Crippen MR) is 71.2 cm³/mol. The third-order valence-electron chi connectivity index (χ3n) is 2.89. The van der Waals surface area contributed by atoms with Gasteiger partial charge in [-0.15, -0.1) is 9.43 Å². The van der Waals surface area contributed by atoms with Gasteiger partial charge >= 0.3 is 0 Å². The summed E-state index contributed by atoms with van der Waals surface area (Å²) in [6.07, 6.45) is 0. The molecule has 0 saturated carbocycles. The van der Waals surface area contributed by atoms with Crippen molar-refractivity contribution in [1.82, 2.24) is 4.94 Å². The van der Waals surface area contributed by atoms with Gasteiger partial charge in [-0.2, -0.15) is 0 Å². The Bertz CT molecular complexity index is 419. The van der Waals surface area contributed by atoms with Gasteiger partial charge in [0.1, 0.15) is 0 Å². The van der Waals surface area contributed by atoms with Crippen LogP contribution in [-0.4, -0.2) is 0 Å². The van der Waals surface area contributed by atoms with Gasteiger partial charge < -0.3 is 0 Å². The van der Waals surface area contributed by atoms with Gasteiger partial charge in [-0.1, -0.05) is 60.7 Å². The van der Waals surface area contributed by atoms with Gasteiger partial charge in [0, 0.05) is 0 Å². The number of nitrogens with one attached hydrogen (secondary N) is 1. The molecule has 0 aromatic heterocycles. The van der Waals surface area contributed by atoms with E-state index in [2.05, 4.69) is 0 Å². The Morgan fingerprint density at radius 2 is 1.29 bits per heavy atom. The highest BCUT2D eigenvalue weighted by Crippen LogP contribution is 2.40. The maximum absolute atomic E-state index is 12.6. The monoisotopic (exact) mass is 247 g/mol. The quantitative estimate of drug-likeness (QED) is 0.645. The largest absolute Gasteiger partial charge is 0.126 e. The summed E-state index contributed by atoms with van der Waals surface area (Å²) in [6, 6.07) is 19.8. The maximum Gasteiger partial charge on any atom is 0.0797 e. The fourth-order valence-corrected chi connectivity index (χ4v) is 2.54. The Balaban J connectivity index is 2.47. The smallest absolute Gasteiger partial charge is 0.0797 e. The number of hydrogen-bond donors (Lipinski definition) is 1. The molecule has 0 aliphatic heterocycles. The van der Waals surface area contributed by atoms with Crippen LogP contribution < -0.4 is 4.94 Å². The van der Waals surface area contributed by atoms with Gasteiger partial charge in [0.05, 0.1) is 4.75 Å². The fraction of sp³-hybridized carbons (Fsp3) is 0.143. The Hall–Kier alpha value is -1.32. The average Bonchev–Trinajstić information content (AvgIpc) is 2.41. The molecule has 0 amide bonds. The molecule has 1 N–H and O–H groups in total. The molecule has 0 aliphatic rings. The third kappa shape index (κ3) is 2.51. The first-order valence-electron chi connectivity index (χ1n) is 5.42. The molecule has 0 bridgehead atoms. The molecule has 17 heavy (non-hydrogen) atoms. The first-order valence-corrected chi connectivity index (χ1v) is 6.24. The summed E-state index contributed by atoms with van der Waals surface area (Å²) in [5.74, 6) is 0. The Kier molecular flexibility index (Phi) is 3.82. The van der Waals surface area contributed by atoms with E-state index in [0.717, 1.165) is 23.1 Å². The zero-order valence-electron chi connectivity index (χ0n) is 9.56. The molecule has 0 radical (unpaired) electrons. The second-order valence-corrected chi connectivity index (χ2v) is 5.12. The highest BCUT2D eigenvalue weighted by molar-refractivity contribution is 7.98. The van der Waals surface area contributed by atoms with E-state index in [1.165, 1.54) is 0 Å². The van der Waals surface area contributed by atoms with Crippen LogP contribution in [0.4, 0.5) is 4.48 Å². The summed E-state index contributed by atoms with van der Waals surface area (Å²) in [7, 11) is 0. The lowest BCUT2D eigenvalue weighted by atomic mass is 9.92. The second kappa shape index (κ2) is 5.34. The van der Waals surface area contributed by atoms with Crippen LogP contribution in [0.25, 0.3) is 0 Å². The Labute approximate surface area is 105 Å². The van der Waals surface area contributed by atoms with Crippen LogP contribution in [0.3, 0.4) is 0 Å². The van der Waals surface area contributed by atoms with E-state index >= 15 is 0 Å². The van der Waals surface area contributed by atoms with Gasteiger partial charge in [-0.3, -0.25) is 0 Å². The summed E-state index contributed by atoms with van der Waals surface area (Å²) in [5.41, 5.74) is 2.14. The average molecular weight is 247 g/mol. The number of halogens is 1. The molecular weight excluding hydrogens is 233 g/mol. The standard InChI is InChI=1S/C14H14FNS/c1-14(17-16-15,12-8-4-2-5-9-12)13-10-6-3-7-11-13/h2-11,16H,1H3. The van der Waals surface area contributed by atoms with Crippen molar-refractivity contribution in [3.05, 3.63) is 71.8 Å². The molecule has 2 rings (SSSR count). The van der Waals surface area contributed by atoms with E-state index < -0.39 is 4.75 Å². The Morgan fingerprint density at radius 3 is 1.65 bits per heavy atom. The third-order valence-corrected chi connectivity index (χ3v) is 3.85. The van der Waals surface area contributed by atoms with Gasteiger partial charge in [0.15, 0.2) is 0 Å². The van der Waals surface area contributed by atoms with Crippen molar-refractivity contribution in [1.29, 1.82) is 0 Å². The van der Waals surface area contributed by atoms with Crippen molar-refractivity contribution in [3.8, 4) is 0 Å². The molecule has 2 aromatic rings. The minimum absolute atomic E-state index is 0.433. The van der Waals surface area contributed by atoms with E-state index in [1.54, 1.807) is 4.94 Å². The molecule has 1 nitrogen and oxygen atoms in total. The molecule has 0 saturated heterocycles. The minimum Gasteiger partial charge on any atom is -0.126 e. The molecule has 0 aliphatic carbocycles. The summed E-state index contributed by atoms with van der Waals surface area (Å²) in [6.45, 7) is 2.01. The molecule has 0 fully saturated rings. The molecule has 0 atom stereocenters. The summed E-state index contributed by atoms with van der Waals surface area (Å²) >= 11 is 1.07. The van der Waals surface area contributed by atoms with E-state index in [4.69, 9.17) is 0 Å². The Morgan fingerprint density at radius 1 is 0.882 bits per heavy atom. The van der Waals surface area contributed by atoms with Crippen LogP contribution in [0.15, 0.2) is 60.7 Å². The SMILES string of the molecule is CC(SNF)(c1ccccc1)c1ccccc1. The first kappa shape index (κ1) is 12.1. The molecule has 0 unspecified atom stereocenters. The van der Waals surface area contributed by atoms with Gasteiger partial charge in [-0.25, -0.2) is 0 Å². The van der Waals surface area contributed by atoms with E-state index in [-0.39, 0.29) is 0 Å². The zero-order chi connectivity index (χ0) is 12.1. The lowest BCUT2D eigenvalue weighted by Crippen LogP contribution is -2.21. The molecular formula is C14H14FNS. The zero-order valence-corrected chi connectivity index (χ0v) is 10.4. The predicted octanol–water partition coefficient (Wildman–Crippen LogP) is 4.07. The van der Waals surface area contributed by atoms with Crippen molar-refractivity contribution >= 4 is 11.9 Å². The van der Waals surface area contributed by atoms with Crippen LogP contribution in [0.5, 0.6) is 0 Å². The van der Waals surface area contributed by atoms with Crippen LogP contribution in [0.1, 0.15) is 18.1 Å². The molecule has 3 heteroatoms. The number of benzene rings is 2. The van der Waals surface area contributed by atoms with Crippen molar-refractivity contribution in [2.45, 2.75) is 11.7 Å². The highest BCUT2D eigenvalue weighted by atomic mass is 32.2. The van der Waals surface area contributed by atoms with E-state index in [0.29, 0.717) is 0 Å². The van der Waals surface area contributed by atoms with Crippen LogP contribution in [0, 0.1) is 0 Å². The molecule has 2 aromatic carbocycles. The van der Waals surface area contributed by atoms with Gasteiger partial charge in [0.25, 0.3) is 0 Å². The van der Waals surface area contributed by atoms with Crippen molar-refractivity contribution in [3.63, 3.8) is 0 Å². The molecule has 0 spiro atoms. The van der Waals surface area contributed by atoms with Gasteiger partial charge in [0.2, 0.25) is 0 Å². The normalized spacial score (nSPS) is 11.4. The summed E-state index contributed by atoms with van der Waals surface area (Å²) in [4.78, 5) is 1.72. The van der Waals surface area contributed by atoms with E-state index in [1.807, 2.05) is 67.6 Å². The van der Waals surface area contributed by atoms with Gasteiger partial charge in [-0.05, 0) is 30.0 Å². The summed E-state index contributed by atoms with van der Waals surface area (Å²) < 4.78 is 12.1. The fourth-order valence-electron chi connectivity index (χ4n) is 1.87. The maximum atomic E-state index is 12.6. The lowest BCUT2D eigenvalue weighted by Gasteiger charge is -2.28. The number of hydrogen-bond acceptors (Lipinski definition) is 2. The minimum atomic E-state index is -0.433. The van der Waals surface area contributed by atoms with Crippen LogP contribution >= 0.6 is 11.9 Å².